The Hall–Kier alpha value is -1.24. The molecule has 7 heteroatoms. The SMILES string of the molecule is O=C(O)C(F)Oc1c(F)cc(F)cc1Br. The number of aliphatic carboxylic acids is 1. The van der Waals surface area contributed by atoms with Gasteiger partial charge in [0.15, 0.2) is 11.6 Å². The van der Waals surface area contributed by atoms with Crippen LogP contribution in [0.25, 0.3) is 0 Å². The summed E-state index contributed by atoms with van der Waals surface area (Å²) >= 11 is 2.71. The van der Waals surface area contributed by atoms with Crippen molar-refractivity contribution < 1.29 is 27.8 Å². The summed E-state index contributed by atoms with van der Waals surface area (Å²) in [5.74, 6) is -4.67. The van der Waals surface area contributed by atoms with E-state index in [0.717, 1.165) is 6.07 Å². The second kappa shape index (κ2) is 4.52. The van der Waals surface area contributed by atoms with Gasteiger partial charge in [0, 0.05) is 6.07 Å². The van der Waals surface area contributed by atoms with Crippen molar-refractivity contribution in [2.45, 2.75) is 6.36 Å². The quantitative estimate of drug-likeness (QED) is 0.928. The number of carboxylic acids is 1. The zero-order valence-corrected chi connectivity index (χ0v) is 8.59. The maximum atomic E-state index is 13.0. The number of carboxylic acid groups (broad SMARTS) is 1. The summed E-state index contributed by atoms with van der Waals surface area (Å²) in [6.45, 7) is 0. The highest BCUT2D eigenvalue weighted by Crippen LogP contribution is 2.30. The van der Waals surface area contributed by atoms with Crippen LogP contribution in [0.5, 0.6) is 5.75 Å². The van der Waals surface area contributed by atoms with Crippen molar-refractivity contribution in [3.05, 3.63) is 28.2 Å². The fourth-order valence-electron chi connectivity index (χ4n) is 0.795. The second-order valence-corrected chi connectivity index (χ2v) is 3.33. The van der Waals surface area contributed by atoms with E-state index in [0.29, 0.717) is 6.07 Å². The molecule has 0 saturated heterocycles. The van der Waals surface area contributed by atoms with Crippen molar-refractivity contribution in [3.8, 4) is 5.75 Å². The number of hydrogen-bond acceptors (Lipinski definition) is 2. The van der Waals surface area contributed by atoms with Gasteiger partial charge in [-0.3, -0.25) is 0 Å². The first kappa shape index (κ1) is 11.8. The van der Waals surface area contributed by atoms with E-state index in [1.165, 1.54) is 0 Å². The molecule has 0 fully saturated rings. The van der Waals surface area contributed by atoms with E-state index in [1.807, 2.05) is 0 Å². The molecule has 0 aliphatic carbocycles. The molecule has 0 aromatic heterocycles. The molecule has 0 bridgehead atoms. The van der Waals surface area contributed by atoms with E-state index >= 15 is 0 Å². The lowest BCUT2D eigenvalue weighted by atomic mass is 10.3. The predicted molar refractivity (Wildman–Crippen MR) is 47.2 cm³/mol. The maximum Gasteiger partial charge on any atom is 0.378 e. The van der Waals surface area contributed by atoms with E-state index in [-0.39, 0.29) is 4.47 Å². The van der Waals surface area contributed by atoms with Crippen LogP contribution in [0.1, 0.15) is 0 Å². The highest BCUT2D eigenvalue weighted by molar-refractivity contribution is 9.10. The van der Waals surface area contributed by atoms with Crippen molar-refractivity contribution in [1.82, 2.24) is 0 Å². The molecule has 0 heterocycles. The number of carbonyl (C=O) groups is 1. The number of halogens is 4. The zero-order chi connectivity index (χ0) is 11.6. The third kappa shape index (κ3) is 2.85. The summed E-state index contributed by atoms with van der Waals surface area (Å²) in [4.78, 5) is 10.1. The fraction of sp³-hybridized carbons (Fsp3) is 0.125. The van der Waals surface area contributed by atoms with Crippen LogP contribution in [-0.4, -0.2) is 17.4 Å². The highest BCUT2D eigenvalue weighted by atomic mass is 79.9. The minimum atomic E-state index is -2.71. The van der Waals surface area contributed by atoms with Gasteiger partial charge in [0.1, 0.15) is 5.82 Å². The summed E-state index contributed by atoms with van der Waals surface area (Å²) in [7, 11) is 0. The Morgan fingerprint density at radius 3 is 2.53 bits per heavy atom. The van der Waals surface area contributed by atoms with E-state index in [1.54, 1.807) is 0 Å². The molecular formula is C8H4BrF3O3. The van der Waals surface area contributed by atoms with Crippen molar-refractivity contribution in [2.24, 2.45) is 0 Å². The lowest BCUT2D eigenvalue weighted by Gasteiger charge is -2.09. The van der Waals surface area contributed by atoms with Gasteiger partial charge in [0.05, 0.1) is 4.47 Å². The van der Waals surface area contributed by atoms with Gasteiger partial charge in [0.2, 0.25) is 0 Å². The van der Waals surface area contributed by atoms with Crippen LogP contribution in [0.4, 0.5) is 13.2 Å². The number of alkyl halides is 1. The lowest BCUT2D eigenvalue weighted by Crippen LogP contribution is -2.22. The van der Waals surface area contributed by atoms with Crippen molar-refractivity contribution >= 4 is 21.9 Å². The lowest BCUT2D eigenvalue weighted by molar-refractivity contribution is -0.153. The molecular weight excluding hydrogens is 281 g/mol. The van der Waals surface area contributed by atoms with E-state index in [2.05, 4.69) is 20.7 Å². The molecule has 1 aromatic rings. The average molecular weight is 285 g/mol. The normalized spacial score (nSPS) is 12.3. The molecule has 1 atom stereocenters. The van der Waals surface area contributed by atoms with Gasteiger partial charge in [-0.15, -0.1) is 0 Å². The third-order valence-corrected chi connectivity index (χ3v) is 1.97. The smallest absolute Gasteiger partial charge is 0.378 e. The summed E-state index contributed by atoms with van der Waals surface area (Å²) in [5, 5.41) is 8.17. The predicted octanol–water partition coefficient (Wildman–Crippen LogP) is 2.49. The van der Waals surface area contributed by atoms with Gasteiger partial charge in [-0.1, -0.05) is 0 Å². The van der Waals surface area contributed by atoms with Gasteiger partial charge in [-0.05, 0) is 22.0 Å². The Bertz CT molecular complexity index is 374. The molecule has 82 valence electrons. The standard InChI is InChI=1S/C8H4BrF3O3/c9-4-1-3(10)2-5(11)6(4)15-7(12)8(13)14/h1-2,7H,(H,13,14). The monoisotopic (exact) mass is 284 g/mol. The molecule has 1 rings (SSSR count). The Morgan fingerprint density at radius 1 is 1.47 bits per heavy atom. The Balaban J connectivity index is 3.00. The van der Waals surface area contributed by atoms with Gasteiger partial charge in [-0.25, -0.2) is 13.6 Å². The zero-order valence-electron chi connectivity index (χ0n) is 7.01. The van der Waals surface area contributed by atoms with Crippen molar-refractivity contribution in [1.29, 1.82) is 0 Å². The molecule has 3 nitrogen and oxygen atoms in total. The first-order chi connectivity index (χ1) is 6.91. The number of benzene rings is 1. The molecule has 15 heavy (non-hydrogen) atoms. The Kier molecular flexibility index (Phi) is 3.57. The molecule has 0 saturated carbocycles. The minimum absolute atomic E-state index is 0.205. The summed E-state index contributed by atoms with van der Waals surface area (Å²) < 4.78 is 42.1. The van der Waals surface area contributed by atoms with Crippen LogP contribution >= 0.6 is 15.9 Å². The van der Waals surface area contributed by atoms with E-state index < -0.39 is 29.7 Å². The van der Waals surface area contributed by atoms with Crippen LogP contribution < -0.4 is 4.74 Å². The highest BCUT2D eigenvalue weighted by Gasteiger charge is 2.21. The largest absolute Gasteiger partial charge is 0.476 e. The molecule has 0 aliphatic rings. The summed E-state index contributed by atoms with van der Waals surface area (Å²) in [6.07, 6.45) is -2.71. The van der Waals surface area contributed by atoms with Crippen LogP contribution in [0.3, 0.4) is 0 Å². The van der Waals surface area contributed by atoms with Crippen LogP contribution in [0, 0.1) is 11.6 Å². The fourth-order valence-corrected chi connectivity index (χ4v) is 1.30. The maximum absolute atomic E-state index is 13.0. The number of rotatable bonds is 3. The van der Waals surface area contributed by atoms with Crippen molar-refractivity contribution in [3.63, 3.8) is 0 Å². The first-order valence-electron chi connectivity index (χ1n) is 3.60. The van der Waals surface area contributed by atoms with Crippen LogP contribution in [0.2, 0.25) is 0 Å². The molecule has 1 N–H and O–H groups in total. The van der Waals surface area contributed by atoms with Gasteiger partial charge >= 0.3 is 12.3 Å². The van der Waals surface area contributed by atoms with Gasteiger partial charge in [0.25, 0.3) is 0 Å². The average Bonchev–Trinajstić information content (AvgIpc) is 2.10. The minimum Gasteiger partial charge on any atom is -0.476 e. The molecule has 0 spiro atoms. The molecule has 0 aliphatic heterocycles. The van der Waals surface area contributed by atoms with Crippen LogP contribution in [0.15, 0.2) is 16.6 Å². The molecule has 0 radical (unpaired) electrons. The molecule has 0 amide bonds. The third-order valence-electron chi connectivity index (χ3n) is 1.38. The second-order valence-electron chi connectivity index (χ2n) is 2.47. The first-order valence-corrected chi connectivity index (χ1v) is 4.39. The van der Waals surface area contributed by atoms with Gasteiger partial charge < -0.3 is 9.84 Å². The van der Waals surface area contributed by atoms with E-state index in [4.69, 9.17) is 5.11 Å². The Morgan fingerprint density at radius 2 is 2.07 bits per heavy atom. The van der Waals surface area contributed by atoms with Gasteiger partial charge in [-0.2, -0.15) is 4.39 Å². The van der Waals surface area contributed by atoms with E-state index in [9.17, 15) is 18.0 Å². The summed E-state index contributed by atoms with van der Waals surface area (Å²) in [6, 6.07) is 1.28. The van der Waals surface area contributed by atoms with Crippen molar-refractivity contribution in [2.75, 3.05) is 0 Å². The number of ether oxygens (including phenoxy) is 1. The summed E-state index contributed by atoms with van der Waals surface area (Å²) in [5.41, 5.74) is 0. The molecule has 1 unspecified atom stereocenters. The number of hydrogen-bond donors (Lipinski definition) is 1. The topological polar surface area (TPSA) is 46.5 Å². The van der Waals surface area contributed by atoms with Crippen LogP contribution in [-0.2, 0) is 4.79 Å². The Labute approximate surface area is 90.6 Å². The molecule has 1 aromatic carbocycles.